The molecule has 0 aromatic heterocycles. The summed E-state index contributed by atoms with van der Waals surface area (Å²) in [7, 11) is 0. The molecule has 1 fully saturated rings. The number of benzene rings is 2. The molecule has 0 aliphatic carbocycles. The first kappa shape index (κ1) is 19.5. The number of fused-ring (bicyclic) bond motifs is 1. The fraction of sp³-hybridized carbons (Fsp3) is 0.450. The second-order valence-electron chi connectivity index (χ2n) is 7.44. The van der Waals surface area contributed by atoms with Crippen molar-refractivity contribution in [2.45, 2.75) is 39.4 Å². The summed E-state index contributed by atoms with van der Waals surface area (Å²) in [6, 6.07) is 8.24. The number of nitrogens with zero attached hydrogens (tertiary/aromatic N) is 1. The van der Waals surface area contributed by atoms with E-state index in [0.717, 1.165) is 5.01 Å². The molecule has 0 saturated carbocycles. The Morgan fingerprint density at radius 1 is 1.22 bits per heavy atom. The van der Waals surface area contributed by atoms with Crippen LogP contribution in [0.4, 0.5) is 13.2 Å². The SMILES string of the molecule is CCCOc1ccc2ccccc2c1C(N1CC(C)(C)C(=O)N1)C(F)(F)F. The van der Waals surface area contributed by atoms with E-state index in [0.29, 0.717) is 23.8 Å². The summed E-state index contributed by atoms with van der Waals surface area (Å²) in [4.78, 5) is 12.1. The van der Waals surface area contributed by atoms with E-state index in [2.05, 4.69) is 5.43 Å². The van der Waals surface area contributed by atoms with Crippen molar-refractivity contribution < 1.29 is 22.7 Å². The van der Waals surface area contributed by atoms with Crippen LogP contribution in [0.25, 0.3) is 10.8 Å². The lowest BCUT2D eigenvalue weighted by Crippen LogP contribution is -2.43. The van der Waals surface area contributed by atoms with Crippen LogP contribution in [0.1, 0.15) is 38.8 Å². The molecule has 0 radical (unpaired) electrons. The van der Waals surface area contributed by atoms with Gasteiger partial charge in [-0.1, -0.05) is 37.3 Å². The smallest absolute Gasteiger partial charge is 0.410 e. The summed E-state index contributed by atoms with van der Waals surface area (Å²) in [6.45, 7) is 5.42. The lowest BCUT2D eigenvalue weighted by atomic mass is 9.92. The Bertz CT molecular complexity index is 849. The zero-order valence-corrected chi connectivity index (χ0v) is 15.6. The van der Waals surface area contributed by atoms with Crippen LogP contribution in [0, 0.1) is 5.41 Å². The van der Waals surface area contributed by atoms with Crippen molar-refractivity contribution >= 4 is 16.7 Å². The maximum atomic E-state index is 14.2. The van der Waals surface area contributed by atoms with Crippen molar-refractivity contribution in [2.75, 3.05) is 13.2 Å². The van der Waals surface area contributed by atoms with Crippen LogP contribution in [0.5, 0.6) is 5.75 Å². The average molecular weight is 380 g/mol. The van der Waals surface area contributed by atoms with Gasteiger partial charge in [-0.3, -0.25) is 10.2 Å². The minimum atomic E-state index is -4.60. The molecule has 4 nitrogen and oxygen atoms in total. The maximum absolute atomic E-state index is 14.2. The number of nitrogens with one attached hydrogen (secondary N) is 1. The number of hydrogen-bond acceptors (Lipinski definition) is 3. The van der Waals surface area contributed by atoms with Gasteiger partial charge >= 0.3 is 6.18 Å². The van der Waals surface area contributed by atoms with Gasteiger partial charge in [-0.05, 0) is 37.1 Å². The lowest BCUT2D eigenvalue weighted by molar-refractivity contribution is -0.191. The largest absolute Gasteiger partial charge is 0.493 e. The van der Waals surface area contributed by atoms with Gasteiger partial charge in [0.2, 0.25) is 5.91 Å². The van der Waals surface area contributed by atoms with Gasteiger partial charge in [0.25, 0.3) is 0 Å². The number of alkyl halides is 3. The topological polar surface area (TPSA) is 41.6 Å². The van der Waals surface area contributed by atoms with E-state index in [1.165, 1.54) is 0 Å². The Morgan fingerprint density at radius 2 is 1.93 bits per heavy atom. The first-order valence-electron chi connectivity index (χ1n) is 8.94. The normalized spacial score (nSPS) is 18.5. The van der Waals surface area contributed by atoms with E-state index >= 15 is 0 Å². The van der Waals surface area contributed by atoms with Gasteiger partial charge in [0.1, 0.15) is 5.75 Å². The van der Waals surface area contributed by atoms with E-state index in [1.54, 1.807) is 50.2 Å². The molecule has 146 valence electrons. The van der Waals surface area contributed by atoms with Crippen LogP contribution in [0.15, 0.2) is 36.4 Å². The second-order valence-corrected chi connectivity index (χ2v) is 7.44. The molecule has 1 heterocycles. The first-order chi connectivity index (χ1) is 12.6. The average Bonchev–Trinajstić information content (AvgIpc) is 2.85. The molecule has 1 atom stereocenters. The predicted molar refractivity (Wildman–Crippen MR) is 97.2 cm³/mol. The zero-order chi connectivity index (χ0) is 19.8. The van der Waals surface area contributed by atoms with E-state index in [9.17, 15) is 18.0 Å². The third-order valence-corrected chi connectivity index (χ3v) is 4.71. The monoisotopic (exact) mass is 380 g/mol. The van der Waals surface area contributed by atoms with E-state index in [4.69, 9.17) is 4.74 Å². The minimum absolute atomic E-state index is 0.0343. The van der Waals surface area contributed by atoms with Crippen LogP contribution < -0.4 is 10.2 Å². The van der Waals surface area contributed by atoms with E-state index in [1.807, 2.05) is 6.92 Å². The Kier molecular flexibility index (Phi) is 5.08. The number of amides is 1. The van der Waals surface area contributed by atoms with Gasteiger partial charge < -0.3 is 4.74 Å². The third kappa shape index (κ3) is 3.74. The number of rotatable bonds is 5. The standard InChI is InChI=1S/C20H23F3N2O2/c1-4-11-27-15-10-9-13-7-5-6-8-14(13)16(15)17(20(21,22)23)25-12-19(2,3)18(26)24-25/h5-10,17H,4,11-12H2,1-3H3,(H,24,26). The van der Waals surface area contributed by atoms with Crippen molar-refractivity contribution in [1.82, 2.24) is 10.4 Å². The summed E-state index contributed by atoms with van der Waals surface area (Å²) in [5.41, 5.74) is 1.55. The van der Waals surface area contributed by atoms with Crippen LogP contribution in [0.3, 0.4) is 0 Å². The highest BCUT2D eigenvalue weighted by molar-refractivity contribution is 5.89. The third-order valence-electron chi connectivity index (χ3n) is 4.71. The number of hydrogen-bond donors (Lipinski definition) is 1. The fourth-order valence-corrected chi connectivity index (χ4v) is 3.37. The molecule has 1 saturated heterocycles. The fourth-order valence-electron chi connectivity index (χ4n) is 3.37. The van der Waals surface area contributed by atoms with Gasteiger partial charge in [0, 0.05) is 12.1 Å². The van der Waals surface area contributed by atoms with Crippen LogP contribution in [0.2, 0.25) is 0 Å². The second kappa shape index (κ2) is 7.03. The van der Waals surface area contributed by atoms with Crippen molar-refractivity contribution in [1.29, 1.82) is 0 Å². The lowest BCUT2D eigenvalue weighted by Gasteiger charge is -2.32. The Labute approximate surface area is 156 Å². The number of halogens is 3. The van der Waals surface area contributed by atoms with E-state index in [-0.39, 0.29) is 17.9 Å². The maximum Gasteiger partial charge on any atom is 0.410 e. The van der Waals surface area contributed by atoms with Gasteiger partial charge in [0.05, 0.1) is 12.0 Å². The first-order valence-corrected chi connectivity index (χ1v) is 8.94. The van der Waals surface area contributed by atoms with Crippen molar-refractivity contribution in [3.63, 3.8) is 0 Å². The van der Waals surface area contributed by atoms with Gasteiger partial charge in [0.15, 0.2) is 6.04 Å². The Morgan fingerprint density at radius 3 is 2.52 bits per heavy atom. The highest BCUT2D eigenvalue weighted by atomic mass is 19.4. The summed E-state index contributed by atoms with van der Waals surface area (Å²) in [5.74, 6) is -0.232. The number of carbonyl (C=O) groups is 1. The number of ether oxygens (including phenoxy) is 1. The summed E-state index contributed by atoms with van der Waals surface area (Å²) >= 11 is 0. The summed E-state index contributed by atoms with van der Waals surface area (Å²) < 4.78 is 48.3. The summed E-state index contributed by atoms with van der Waals surface area (Å²) in [6.07, 6.45) is -3.92. The number of carbonyl (C=O) groups excluding carboxylic acids is 1. The Hall–Kier alpha value is -2.28. The molecule has 27 heavy (non-hydrogen) atoms. The molecular formula is C20H23F3N2O2. The molecule has 1 aliphatic heterocycles. The zero-order valence-electron chi connectivity index (χ0n) is 15.6. The molecule has 3 rings (SSSR count). The molecule has 2 aromatic rings. The van der Waals surface area contributed by atoms with Crippen molar-refractivity contribution in [3.8, 4) is 5.75 Å². The highest BCUT2D eigenvalue weighted by Crippen LogP contribution is 2.46. The van der Waals surface area contributed by atoms with Crippen LogP contribution in [-0.4, -0.2) is 30.2 Å². The summed E-state index contributed by atoms with van der Waals surface area (Å²) in [5, 5.41) is 2.14. The quantitative estimate of drug-likeness (QED) is 0.824. The van der Waals surface area contributed by atoms with Gasteiger partial charge in [-0.15, -0.1) is 0 Å². The highest BCUT2D eigenvalue weighted by Gasteiger charge is 2.52. The van der Waals surface area contributed by atoms with Crippen molar-refractivity contribution in [3.05, 3.63) is 42.0 Å². The molecule has 1 N–H and O–H groups in total. The number of hydrazine groups is 1. The molecule has 1 amide bonds. The van der Waals surface area contributed by atoms with Gasteiger partial charge in [-0.25, -0.2) is 5.01 Å². The molecule has 0 bridgehead atoms. The molecule has 7 heteroatoms. The van der Waals surface area contributed by atoms with Crippen molar-refractivity contribution in [2.24, 2.45) is 5.41 Å². The molecule has 1 aliphatic rings. The van der Waals surface area contributed by atoms with Crippen LogP contribution in [-0.2, 0) is 4.79 Å². The molecule has 2 aromatic carbocycles. The molecule has 1 unspecified atom stereocenters. The molecular weight excluding hydrogens is 357 g/mol. The molecule has 0 spiro atoms. The minimum Gasteiger partial charge on any atom is -0.493 e. The Balaban J connectivity index is 2.19. The van der Waals surface area contributed by atoms with Crippen LogP contribution >= 0.6 is 0 Å². The van der Waals surface area contributed by atoms with Gasteiger partial charge in [-0.2, -0.15) is 13.2 Å². The van der Waals surface area contributed by atoms with E-state index < -0.39 is 23.5 Å². The predicted octanol–water partition coefficient (Wildman–Crippen LogP) is 4.61.